The average molecular weight is 964 g/mol. The lowest BCUT2D eigenvalue weighted by Gasteiger charge is -2.39. The maximum atomic E-state index is 14.0. The first-order valence-corrected chi connectivity index (χ1v) is 23.9. The highest BCUT2D eigenvalue weighted by Crippen LogP contribution is 2.22. The van der Waals surface area contributed by atoms with Gasteiger partial charge in [0.25, 0.3) is 0 Å². The zero-order chi connectivity index (χ0) is 50.3. The number of nitrogens with one attached hydrogen (secondary N) is 5. The van der Waals surface area contributed by atoms with Gasteiger partial charge in [0, 0.05) is 88.0 Å². The number of anilines is 1. The lowest BCUT2D eigenvalue weighted by Crippen LogP contribution is -2.54. The van der Waals surface area contributed by atoms with Crippen LogP contribution in [0.3, 0.4) is 0 Å². The van der Waals surface area contributed by atoms with Crippen LogP contribution in [0.1, 0.15) is 83.4 Å². The Bertz CT molecular complexity index is 2140. The van der Waals surface area contributed by atoms with Crippen LogP contribution in [0.5, 0.6) is 0 Å². The van der Waals surface area contributed by atoms with Crippen molar-refractivity contribution in [1.29, 1.82) is 0 Å². The molecule has 3 aromatic rings. The second-order valence-corrected chi connectivity index (χ2v) is 17.4. The number of primary amides is 1. The molecule has 2 atom stereocenters. The van der Waals surface area contributed by atoms with Gasteiger partial charge in [-0.15, -0.1) is 0 Å². The maximum absolute atomic E-state index is 14.0. The number of hydrazine groups is 1. The molecule has 8 N–H and O–H groups in total. The first-order valence-electron chi connectivity index (χ1n) is 23.9. The molecule has 1 aliphatic rings. The molecule has 0 aliphatic carbocycles. The molecule has 1 aromatic carbocycles. The highest BCUT2D eigenvalue weighted by atomic mass is 16.5. The van der Waals surface area contributed by atoms with E-state index >= 15 is 0 Å². The number of aryl methyl sites for hydroxylation is 2. The standard InChI is InChI=1S/C48H73N11O10/c1-6-34-11-13-36(14-12-34)53-46(65)39(10-8-22-52-48(49)67)54-47(66)44(33(2)3)55-40(60)15-16-42(62)58(26-28-69-30-29-68-27-20-43(63)64)37-17-23-57(24-18-37)41(61)19-25-59-38(32-56(5)50-4)31-35-9-7-21-51-45(35)59/h7,9,11-14,21,31,33,37,39,44,50H,6,8,10,15-20,22-30,32H2,1-5H3,(H,53,65)(H,54,66)(H,55,60)(H,63,64)(H3,49,52,67)/t39-,44-/m0/s1. The van der Waals surface area contributed by atoms with Crippen LogP contribution in [-0.4, -0.2) is 156 Å². The molecular weight excluding hydrogens is 891 g/mol. The van der Waals surface area contributed by atoms with Crippen LogP contribution in [0.4, 0.5) is 10.5 Å². The van der Waals surface area contributed by atoms with Crippen LogP contribution < -0.4 is 32.4 Å². The number of ether oxygens (including phenoxy) is 2. The average Bonchev–Trinajstić information content (AvgIpc) is 3.68. The Balaban J connectivity index is 1.36. The Hall–Kier alpha value is -6.16. The summed E-state index contributed by atoms with van der Waals surface area (Å²) in [5, 5.41) is 22.7. The molecule has 0 unspecified atom stereocenters. The fourth-order valence-corrected chi connectivity index (χ4v) is 8.04. The fourth-order valence-electron chi connectivity index (χ4n) is 8.04. The summed E-state index contributed by atoms with van der Waals surface area (Å²) >= 11 is 0. The summed E-state index contributed by atoms with van der Waals surface area (Å²) in [7, 11) is 3.79. The number of pyridine rings is 1. The van der Waals surface area contributed by atoms with Crippen molar-refractivity contribution in [2.24, 2.45) is 11.7 Å². The Morgan fingerprint density at radius 3 is 2.28 bits per heavy atom. The Morgan fingerprint density at radius 2 is 1.62 bits per heavy atom. The molecule has 21 nitrogen and oxygen atoms in total. The lowest BCUT2D eigenvalue weighted by molar-refractivity contribution is -0.139. The number of hydrogen-bond acceptors (Lipinski definition) is 12. The molecule has 7 amide bonds. The number of nitrogens with two attached hydrogens (primary N) is 1. The van der Waals surface area contributed by atoms with E-state index in [9.17, 15) is 33.6 Å². The Labute approximate surface area is 404 Å². The van der Waals surface area contributed by atoms with Crippen LogP contribution in [0.15, 0.2) is 48.7 Å². The van der Waals surface area contributed by atoms with Crippen molar-refractivity contribution in [3.8, 4) is 0 Å². The number of urea groups is 1. The van der Waals surface area contributed by atoms with Gasteiger partial charge in [-0.05, 0) is 81.0 Å². The molecule has 1 saturated heterocycles. The number of piperidine rings is 1. The van der Waals surface area contributed by atoms with Crippen LogP contribution in [-0.2, 0) is 57.8 Å². The molecule has 69 heavy (non-hydrogen) atoms. The normalized spacial score (nSPS) is 13.8. The Kier molecular flexibility index (Phi) is 23.3. The summed E-state index contributed by atoms with van der Waals surface area (Å²) in [5.74, 6) is -3.22. The van der Waals surface area contributed by atoms with E-state index in [0.29, 0.717) is 51.1 Å². The zero-order valence-electron chi connectivity index (χ0n) is 40.8. The van der Waals surface area contributed by atoms with Crippen LogP contribution >= 0.6 is 0 Å². The van der Waals surface area contributed by atoms with Gasteiger partial charge in [0.2, 0.25) is 29.5 Å². The SMILES string of the molecule is CCc1ccc(NC(=O)[C@H](CCCNC(N)=O)NC(=O)[C@@H](NC(=O)CCC(=O)N(CCOCCOCCC(=O)O)C2CCN(C(=O)CCn3c(CN(C)NC)cc4cccnc43)CC2)C(C)C)cc1. The topological polar surface area (TPSA) is 272 Å². The number of aliphatic carboxylic acids is 1. The molecule has 1 fully saturated rings. The quantitative estimate of drug-likeness (QED) is 0.0374. The van der Waals surface area contributed by atoms with Crippen molar-refractivity contribution in [3.05, 3.63) is 59.9 Å². The molecule has 0 saturated carbocycles. The van der Waals surface area contributed by atoms with Crippen molar-refractivity contribution < 1.29 is 48.1 Å². The van der Waals surface area contributed by atoms with Gasteiger partial charge in [0.15, 0.2) is 0 Å². The van der Waals surface area contributed by atoms with Crippen LogP contribution in [0.2, 0.25) is 0 Å². The van der Waals surface area contributed by atoms with Gasteiger partial charge >= 0.3 is 12.0 Å². The Morgan fingerprint density at radius 1 is 0.913 bits per heavy atom. The van der Waals surface area contributed by atoms with Gasteiger partial charge in [-0.1, -0.05) is 32.9 Å². The number of likely N-dealkylation sites (tertiary alicyclic amines) is 1. The summed E-state index contributed by atoms with van der Waals surface area (Å²) in [6.45, 7) is 8.45. The predicted octanol–water partition coefficient (Wildman–Crippen LogP) is 2.38. The van der Waals surface area contributed by atoms with E-state index in [4.69, 9.17) is 20.3 Å². The molecular formula is C48H73N11O10. The molecule has 3 heterocycles. The van der Waals surface area contributed by atoms with Crippen molar-refractivity contribution in [2.45, 2.75) is 110 Å². The first-order chi connectivity index (χ1) is 33.1. The smallest absolute Gasteiger partial charge is 0.312 e. The minimum absolute atomic E-state index is 0.00239. The number of nitrogens with zero attached hydrogens (tertiary/aromatic N) is 5. The number of hydrogen-bond donors (Lipinski definition) is 7. The second-order valence-electron chi connectivity index (χ2n) is 17.4. The molecule has 0 radical (unpaired) electrons. The summed E-state index contributed by atoms with van der Waals surface area (Å²) in [5.41, 5.74) is 11.8. The van der Waals surface area contributed by atoms with Crippen LogP contribution in [0, 0.1) is 5.92 Å². The molecule has 2 aromatic heterocycles. The van der Waals surface area contributed by atoms with Gasteiger partial charge < -0.3 is 55.9 Å². The van der Waals surface area contributed by atoms with Gasteiger partial charge in [-0.25, -0.2) is 14.8 Å². The number of fused-ring (bicyclic) bond motifs is 1. The number of benzene rings is 1. The number of carbonyl (C=O) groups excluding carboxylic acids is 6. The summed E-state index contributed by atoms with van der Waals surface area (Å²) in [4.78, 5) is 98.5. The van der Waals surface area contributed by atoms with E-state index in [1.54, 1.807) is 37.1 Å². The minimum atomic E-state index is -1.03. The number of amides is 7. The van der Waals surface area contributed by atoms with Gasteiger partial charge in [0.1, 0.15) is 17.7 Å². The molecule has 1 aliphatic heterocycles. The number of carboxylic acids is 1. The highest BCUT2D eigenvalue weighted by molar-refractivity contribution is 5.98. The third-order valence-electron chi connectivity index (χ3n) is 12.0. The van der Waals surface area contributed by atoms with Crippen molar-refractivity contribution in [2.75, 3.05) is 72.0 Å². The van der Waals surface area contributed by atoms with E-state index in [2.05, 4.69) is 42.3 Å². The van der Waals surface area contributed by atoms with E-state index in [1.807, 2.05) is 55.2 Å². The largest absolute Gasteiger partial charge is 0.481 e. The van der Waals surface area contributed by atoms with Crippen molar-refractivity contribution in [1.82, 2.24) is 45.7 Å². The van der Waals surface area contributed by atoms with Crippen molar-refractivity contribution in [3.63, 3.8) is 0 Å². The first kappa shape index (κ1) is 55.4. The van der Waals surface area contributed by atoms with Gasteiger partial charge in [0.05, 0.1) is 39.4 Å². The lowest BCUT2D eigenvalue weighted by atomic mass is 10.0. The third kappa shape index (κ3) is 18.7. The number of aromatic nitrogens is 2. The van der Waals surface area contributed by atoms with E-state index in [0.717, 1.165) is 28.7 Å². The number of rotatable bonds is 30. The monoisotopic (exact) mass is 964 g/mol. The third-order valence-corrected chi connectivity index (χ3v) is 12.0. The molecule has 380 valence electrons. The number of carboxylic acid groups (broad SMARTS) is 1. The summed E-state index contributed by atoms with van der Waals surface area (Å²) in [6, 6.07) is 10.3. The van der Waals surface area contributed by atoms with E-state index < -0.39 is 41.8 Å². The fraction of sp³-hybridized carbons (Fsp3) is 0.583. The molecule has 21 heteroatoms. The number of carbonyl (C=O) groups is 7. The van der Waals surface area contributed by atoms with Gasteiger partial charge in [-0.3, -0.25) is 34.2 Å². The molecule has 0 bridgehead atoms. The summed E-state index contributed by atoms with van der Waals surface area (Å²) in [6.07, 6.45) is 3.87. The molecule has 4 rings (SSSR count). The summed E-state index contributed by atoms with van der Waals surface area (Å²) < 4.78 is 13.2. The minimum Gasteiger partial charge on any atom is -0.481 e. The maximum Gasteiger partial charge on any atom is 0.312 e. The van der Waals surface area contributed by atoms with Crippen molar-refractivity contribution >= 4 is 58.3 Å². The second kappa shape index (κ2) is 29.0. The van der Waals surface area contributed by atoms with Gasteiger partial charge in [-0.2, -0.15) is 0 Å². The van der Waals surface area contributed by atoms with E-state index in [-0.39, 0.29) is 95.4 Å². The highest BCUT2D eigenvalue weighted by Gasteiger charge is 2.32. The zero-order valence-corrected chi connectivity index (χ0v) is 40.8. The van der Waals surface area contributed by atoms with E-state index in [1.165, 1.54) is 0 Å². The predicted molar refractivity (Wildman–Crippen MR) is 259 cm³/mol. The van der Waals surface area contributed by atoms with Crippen LogP contribution in [0.25, 0.3) is 11.0 Å². The molecule has 0 spiro atoms.